The molecule has 0 aliphatic carbocycles. The van der Waals surface area contributed by atoms with Crippen LogP contribution in [-0.4, -0.2) is 50.0 Å². The number of anilines is 1. The van der Waals surface area contributed by atoms with Crippen molar-refractivity contribution in [3.8, 4) is 0 Å². The Hall–Kier alpha value is -2.49. The number of halogens is 4. The summed E-state index contributed by atoms with van der Waals surface area (Å²) in [6.45, 7) is 3.05. The number of carbonyl (C=O) groups is 2. The van der Waals surface area contributed by atoms with Gasteiger partial charge in [-0.25, -0.2) is 8.42 Å². The lowest BCUT2D eigenvalue weighted by Gasteiger charge is -2.34. The van der Waals surface area contributed by atoms with Crippen molar-refractivity contribution in [2.75, 3.05) is 17.1 Å². The molecule has 0 radical (unpaired) electrons. The fourth-order valence-electron chi connectivity index (χ4n) is 4.10. The summed E-state index contributed by atoms with van der Waals surface area (Å²) < 4.78 is 26.7. The highest BCUT2D eigenvalue weighted by atomic mass is 35.5. The van der Waals surface area contributed by atoms with Crippen molar-refractivity contribution < 1.29 is 18.0 Å². The topological polar surface area (TPSA) is 86.8 Å². The number of hydrogen-bond acceptors (Lipinski definition) is 4. The van der Waals surface area contributed by atoms with Gasteiger partial charge in [-0.2, -0.15) is 0 Å². The summed E-state index contributed by atoms with van der Waals surface area (Å²) in [5, 5.41) is 3.93. The van der Waals surface area contributed by atoms with Crippen LogP contribution in [0.25, 0.3) is 0 Å². The molecular formula is C29H31Cl4N3O4S. The van der Waals surface area contributed by atoms with Gasteiger partial charge >= 0.3 is 0 Å². The molecule has 0 saturated carbocycles. The summed E-state index contributed by atoms with van der Waals surface area (Å²) in [7, 11) is -3.96. The van der Waals surface area contributed by atoms with E-state index in [1.807, 2.05) is 44.2 Å². The highest BCUT2D eigenvalue weighted by Crippen LogP contribution is 2.30. The molecule has 0 heterocycles. The van der Waals surface area contributed by atoms with Gasteiger partial charge in [-0.05, 0) is 49.2 Å². The first-order chi connectivity index (χ1) is 19.3. The van der Waals surface area contributed by atoms with Crippen molar-refractivity contribution in [2.45, 2.75) is 45.3 Å². The van der Waals surface area contributed by atoms with E-state index in [0.29, 0.717) is 22.0 Å². The van der Waals surface area contributed by atoms with Crippen LogP contribution in [0.15, 0.2) is 66.7 Å². The van der Waals surface area contributed by atoms with E-state index in [1.165, 1.54) is 23.1 Å². The Balaban J connectivity index is 2.12. The predicted octanol–water partition coefficient (Wildman–Crippen LogP) is 6.62. The second-order valence-corrected chi connectivity index (χ2v) is 13.1. The summed E-state index contributed by atoms with van der Waals surface area (Å²) in [6.07, 6.45) is 1.82. The van der Waals surface area contributed by atoms with Crippen molar-refractivity contribution in [1.29, 1.82) is 0 Å². The third-order valence-corrected chi connectivity index (χ3v) is 9.12. The Bertz CT molecular complexity index is 1470. The van der Waals surface area contributed by atoms with Crippen LogP contribution in [0, 0.1) is 0 Å². The maximum absolute atomic E-state index is 14.1. The number of rotatable bonds is 12. The Kier molecular flexibility index (Phi) is 11.8. The molecule has 2 amide bonds. The zero-order valence-corrected chi connectivity index (χ0v) is 26.6. The van der Waals surface area contributed by atoms with Gasteiger partial charge in [0.25, 0.3) is 0 Å². The first kappa shape index (κ1) is 33.0. The molecule has 0 spiro atoms. The van der Waals surface area contributed by atoms with Gasteiger partial charge in [-0.1, -0.05) is 89.7 Å². The van der Waals surface area contributed by atoms with E-state index in [0.717, 1.165) is 16.1 Å². The van der Waals surface area contributed by atoms with Crippen LogP contribution in [0.1, 0.15) is 31.4 Å². The molecule has 12 heteroatoms. The van der Waals surface area contributed by atoms with Crippen LogP contribution in [0.4, 0.5) is 5.69 Å². The first-order valence-corrected chi connectivity index (χ1v) is 16.2. The van der Waals surface area contributed by atoms with Crippen LogP contribution in [0.2, 0.25) is 20.1 Å². The SMILES string of the molecule is CC[C@@H](C)NC(=O)[C@@H](Cc1ccccc1)N(Cc1c(Cl)cccc1Cl)C(=O)CN(c1ccc(Cl)c(Cl)c1)S(C)(=O)=O. The summed E-state index contributed by atoms with van der Waals surface area (Å²) >= 11 is 25.2. The van der Waals surface area contributed by atoms with Crippen LogP contribution in [0.5, 0.6) is 0 Å². The number of benzene rings is 3. The minimum absolute atomic E-state index is 0.125. The van der Waals surface area contributed by atoms with E-state index in [4.69, 9.17) is 46.4 Å². The average Bonchev–Trinajstić information content (AvgIpc) is 2.92. The number of carbonyl (C=O) groups excluding carboxylic acids is 2. The van der Waals surface area contributed by atoms with Gasteiger partial charge in [0, 0.05) is 34.6 Å². The molecule has 0 aromatic heterocycles. The summed E-state index contributed by atoms with van der Waals surface area (Å²) in [5.74, 6) is -1.03. The standard InChI is InChI=1S/C29H31Cl4N3O4S/c1-4-19(2)34-29(38)27(15-20-9-6-5-7-10-20)35(17-22-23(30)11-8-12-24(22)31)28(37)18-36(41(3,39)40)21-13-14-25(32)26(33)16-21/h5-14,16,19,27H,4,15,17-18H2,1-3H3,(H,34,38)/t19-,27-/m1/s1. The second-order valence-electron chi connectivity index (χ2n) is 9.61. The van der Waals surface area contributed by atoms with Crippen molar-refractivity contribution in [3.63, 3.8) is 0 Å². The van der Waals surface area contributed by atoms with E-state index >= 15 is 0 Å². The third kappa shape index (κ3) is 9.00. The maximum atomic E-state index is 14.1. The molecule has 0 bridgehead atoms. The molecule has 3 aromatic carbocycles. The molecule has 0 saturated heterocycles. The molecule has 0 aliphatic rings. The van der Waals surface area contributed by atoms with Crippen LogP contribution < -0.4 is 9.62 Å². The van der Waals surface area contributed by atoms with Crippen LogP contribution in [-0.2, 0) is 32.6 Å². The van der Waals surface area contributed by atoms with Gasteiger partial charge in [0.05, 0.1) is 22.0 Å². The molecule has 3 rings (SSSR count). The van der Waals surface area contributed by atoms with E-state index in [1.54, 1.807) is 18.2 Å². The number of nitrogens with zero attached hydrogens (tertiary/aromatic N) is 2. The molecule has 220 valence electrons. The summed E-state index contributed by atoms with van der Waals surface area (Å²) in [4.78, 5) is 29.2. The largest absolute Gasteiger partial charge is 0.352 e. The van der Waals surface area contributed by atoms with E-state index in [-0.39, 0.29) is 40.6 Å². The van der Waals surface area contributed by atoms with Gasteiger partial charge in [0.1, 0.15) is 12.6 Å². The van der Waals surface area contributed by atoms with Gasteiger partial charge < -0.3 is 10.2 Å². The Morgan fingerprint density at radius 3 is 2.07 bits per heavy atom. The Morgan fingerprint density at radius 1 is 0.878 bits per heavy atom. The van der Waals surface area contributed by atoms with Crippen molar-refractivity contribution >= 4 is 73.9 Å². The second kappa shape index (κ2) is 14.6. The molecule has 1 N–H and O–H groups in total. The van der Waals surface area contributed by atoms with Gasteiger partial charge in [0.15, 0.2) is 0 Å². The molecule has 0 unspecified atom stereocenters. The number of hydrogen-bond donors (Lipinski definition) is 1. The Labute approximate surface area is 261 Å². The van der Waals surface area contributed by atoms with E-state index in [9.17, 15) is 18.0 Å². The quantitative estimate of drug-likeness (QED) is 0.237. The fourth-order valence-corrected chi connectivity index (χ4v) is 5.75. The smallest absolute Gasteiger partial charge is 0.244 e. The molecule has 3 aromatic rings. The highest BCUT2D eigenvalue weighted by Gasteiger charge is 2.34. The lowest BCUT2D eigenvalue weighted by Crippen LogP contribution is -2.54. The third-order valence-electron chi connectivity index (χ3n) is 6.53. The molecule has 7 nitrogen and oxygen atoms in total. The van der Waals surface area contributed by atoms with Crippen molar-refractivity contribution in [1.82, 2.24) is 10.2 Å². The lowest BCUT2D eigenvalue weighted by molar-refractivity contribution is -0.140. The normalized spacial score (nSPS) is 12.9. The summed E-state index contributed by atoms with van der Waals surface area (Å²) in [6, 6.07) is 17.3. The maximum Gasteiger partial charge on any atom is 0.244 e. The van der Waals surface area contributed by atoms with Crippen molar-refractivity contribution in [3.05, 3.63) is 97.9 Å². The summed E-state index contributed by atoms with van der Waals surface area (Å²) in [5.41, 5.74) is 1.39. The lowest BCUT2D eigenvalue weighted by atomic mass is 10.0. The minimum Gasteiger partial charge on any atom is -0.352 e. The zero-order chi connectivity index (χ0) is 30.3. The van der Waals surface area contributed by atoms with Crippen LogP contribution >= 0.6 is 46.4 Å². The van der Waals surface area contributed by atoms with Gasteiger partial charge in [-0.3, -0.25) is 13.9 Å². The first-order valence-electron chi connectivity index (χ1n) is 12.8. The van der Waals surface area contributed by atoms with Crippen molar-refractivity contribution in [2.24, 2.45) is 0 Å². The molecule has 0 fully saturated rings. The number of amides is 2. The minimum atomic E-state index is -3.96. The van der Waals surface area contributed by atoms with E-state index in [2.05, 4.69) is 5.32 Å². The Morgan fingerprint density at radius 2 is 1.51 bits per heavy atom. The molecular weight excluding hydrogens is 628 g/mol. The number of nitrogens with one attached hydrogen (secondary N) is 1. The number of sulfonamides is 1. The monoisotopic (exact) mass is 657 g/mol. The highest BCUT2D eigenvalue weighted by molar-refractivity contribution is 7.92. The molecule has 0 aliphatic heterocycles. The van der Waals surface area contributed by atoms with Gasteiger partial charge in [0.2, 0.25) is 21.8 Å². The molecule has 2 atom stereocenters. The zero-order valence-electron chi connectivity index (χ0n) is 22.8. The average molecular weight is 659 g/mol. The fraction of sp³-hybridized carbons (Fsp3) is 0.310. The van der Waals surface area contributed by atoms with E-state index < -0.39 is 28.5 Å². The predicted molar refractivity (Wildman–Crippen MR) is 167 cm³/mol. The molecule has 41 heavy (non-hydrogen) atoms. The van der Waals surface area contributed by atoms with Crippen LogP contribution in [0.3, 0.4) is 0 Å². The van der Waals surface area contributed by atoms with Gasteiger partial charge in [-0.15, -0.1) is 0 Å².